The Labute approximate surface area is 146 Å². The highest BCUT2D eigenvalue weighted by atomic mass is 35.5. The molecule has 0 saturated carbocycles. The van der Waals surface area contributed by atoms with Gasteiger partial charge in [0.2, 0.25) is 0 Å². The van der Waals surface area contributed by atoms with Crippen LogP contribution in [-0.4, -0.2) is 34.1 Å². The maximum absolute atomic E-state index is 12.8. The quantitative estimate of drug-likeness (QED) is 0.869. The third-order valence-electron chi connectivity index (χ3n) is 4.08. The number of urea groups is 1. The molecule has 1 atom stereocenters. The second-order valence-electron chi connectivity index (χ2n) is 5.68. The second kappa shape index (κ2) is 7.57. The van der Waals surface area contributed by atoms with Crippen LogP contribution in [0.25, 0.3) is 0 Å². The average molecular weight is 349 g/mol. The topological polar surface area (TPSA) is 70.2 Å². The van der Waals surface area contributed by atoms with E-state index >= 15 is 0 Å². The molecular weight excluding hydrogens is 328 g/mol. The number of benzene rings is 1. The number of halogens is 1. The molecule has 3 rings (SSSR count). The predicted molar refractivity (Wildman–Crippen MR) is 93.5 cm³/mol. The van der Waals surface area contributed by atoms with Gasteiger partial charge in [-0.3, -0.25) is 0 Å². The van der Waals surface area contributed by atoms with E-state index in [0.29, 0.717) is 29.6 Å². The molecule has 1 fully saturated rings. The Morgan fingerprint density at radius 1 is 1.50 bits per heavy atom. The van der Waals surface area contributed by atoms with Crippen LogP contribution in [0.4, 0.5) is 10.5 Å². The maximum atomic E-state index is 12.8. The molecule has 0 radical (unpaired) electrons. The molecule has 2 heterocycles. The Kier molecular flexibility index (Phi) is 5.25. The van der Waals surface area contributed by atoms with E-state index in [4.69, 9.17) is 16.3 Å². The number of nitrogens with one attached hydrogen (secondary N) is 2. The third kappa shape index (κ3) is 3.64. The largest absolute Gasteiger partial charge is 0.492 e. The standard InChI is InChI=1S/C17H21ClN4O2/c1-2-24-15-11-12(18)6-7-13(15)21-17(23)22-10-4-3-5-14(22)16-19-8-9-20-16/h6-9,11,14H,2-5,10H2,1H3,(H,19,20)(H,21,23). The van der Waals surface area contributed by atoms with E-state index in [2.05, 4.69) is 15.3 Å². The van der Waals surface area contributed by atoms with Crippen molar-refractivity contribution in [3.63, 3.8) is 0 Å². The van der Waals surface area contributed by atoms with Gasteiger partial charge in [-0.15, -0.1) is 0 Å². The Bertz CT molecular complexity index is 690. The summed E-state index contributed by atoms with van der Waals surface area (Å²) in [6, 6.07) is 5.02. The highest BCUT2D eigenvalue weighted by Gasteiger charge is 2.30. The number of hydrogen-bond acceptors (Lipinski definition) is 3. The minimum Gasteiger partial charge on any atom is -0.492 e. The molecule has 0 spiro atoms. The van der Waals surface area contributed by atoms with Gasteiger partial charge < -0.3 is 19.9 Å². The van der Waals surface area contributed by atoms with Gasteiger partial charge in [0.1, 0.15) is 11.6 Å². The van der Waals surface area contributed by atoms with Crippen molar-refractivity contribution in [1.29, 1.82) is 0 Å². The molecule has 24 heavy (non-hydrogen) atoms. The van der Waals surface area contributed by atoms with Crippen molar-refractivity contribution in [3.8, 4) is 5.75 Å². The first-order valence-electron chi connectivity index (χ1n) is 8.18. The number of amides is 2. The van der Waals surface area contributed by atoms with Crippen molar-refractivity contribution in [2.75, 3.05) is 18.5 Å². The molecule has 1 aliphatic heterocycles. The van der Waals surface area contributed by atoms with Gasteiger partial charge in [0, 0.05) is 30.0 Å². The fraction of sp³-hybridized carbons (Fsp3) is 0.412. The van der Waals surface area contributed by atoms with Crippen LogP contribution in [0.2, 0.25) is 5.02 Å². The Morgan fingerprint density at radius 3 is 3.12 bits per heavy atom. The summed E-state index contributed by atoms with van der Waals surface area (Å²) in [6.45, 7) is 3.10. The molecule has 1 unspecified atom stereocenters. The molecule has 1 aliphatic rings. The lowest BCUT2D eigenvalue weighted by molar-refractivity contribution is 0.159. The summed E-state index contributed by atoms with van der Waals surface area (Å²) in [4.78, 5) is 22.1. The molecule has 2 N–H and O–H groups in total. The number of hydrogen-bond donors (Lipinski definition) is 2. The molecule has 1 aromatic carbocycles. The van der Waals surface area contributed by atoms with E-state index in [0.717, 1.165) is 25.1 Å². The van der Waals surface area contributed by atoms with Crippen molar-refractivity contribution < 1.29 is 9.53 Å². The fourth-order valence-electron chi connectivity index (χ4n) is 2.98. The smallest absolute Gasteiger partial charge is 0.322 e. The van der Waals surface area contributed by atoms with Gasteiger partial charge in [-0.25, -0.2) is 9.78 Å². The van der Waals surface area contributed by atoms with Crippen LogP contribution in [0.5, 0.6) is 5.75 Å². The van der Waals surface area contributed by atoms with Crippen LogP contribution in [0.3, 0.4) is 0 Å². The minimum atomic E-state index is -0.153. The zero-order chi connectivity index (χ0) is 16.9. The Hall–Kier alpha value is -2.21. The zero-order valence-electron chi connectivity index (χ0n) is 13.6. The molecule has 1 saturated heterocycles. The highest BCUT2D eigenvalue weighted by molar-refractivity contribution is 6.30. The number of carbonyl (C=O) groups is 1. The molecular formula is C17H21ClN4O2. The number of imidazole rings is 1. The maximum Gasteiger partial charge on any atom is 0.322 e. The number of anilines is 1. The van der Waals surface area contributed by atoms with E-state index in [9.17, 15) is 4.79 Å². The van der Waals surface area contributed by atoms with E-state index in [-0.39, 0.29) is 12.1 Å². The van der Waals surface area contributed by atoms with Crippen molar-refractivity contribution in [2.45, 2.75) is 32.2 Å². The van der Waals surface area contributed by atoms with Crippen LogP contribution < -0.4 is 10.1 Å². The number of likely N-dealkylation sites (tertiary alicyclic amines) is 1. The zero-order valence-corrected chi connectivity index (χ0v) is 14.3. The molecule has 7 heteroatoms. The van der Waals surface area contributed by atoms with Crippen molar-refractivity contribution in [3.05, 3.63) is 41.4 Å². The Balaban J connectivity index is 1.78. The number of nitrogens with zero attached hydrogens (tertiary/aromatic N) is 2. The van der Waals surface area contributed by atoms with Gasteiger partial charge in [-0.2, -0.15) is 0 Å². The summed E-state index contributed by atoms with van der Waals surface area (Å²) in [5.41, 5.74) is 0.620. The van der Waals surface area contributed by atoms with E-state index in [1.165, 1.54) is 0 Å². The summed E-state index contributed by atoms with van der Waals surface area (Å²) in [5, 5.41) is 3.52. The Morgan fingerprint density at radius 2 is 2.38 bits per heavy atom. The van der Waals surface area contributed by atoms with E-state index < -0.39 is 0 Å². The van der Waals surface area contributed by atoms with Crippen LogP contribution in [-0.2, 0) is 0 Å². The van der Waals surface area contributed by atoms with E-state index in [1.54, 1.807) is 30.6 Å². The normalized spacial score (nSPS) is 17.6. The summed E-state index contributed by atoms with van der Waals surface area (Å²) >= 11 is 6.01. The van der Waals surface area contributed by atoms with Crippen LogP contribution in [0.15, 0.2) is 30.6 Å². The first-order valence-corrected chi connectivity index (χ1v) is 8.56. The lowest BCUT2D eigenvalue weighted by Gasteiger charge is -2.34. The van der Waals surface area contributed by atoms with Crippen LogP contribution in [0.1, 0.15) is 38.1 Å². The molecule has 2 aromatic rings. The first kappa shape index (κ1) is 16.6. The molecule has 0 bridgehead atoms. The van der Waals surface area contributed by atoms with Gasteiger partial charge in [0.15, 0.2) is 0 Å². The average Bonchev–Trinajstić information content (AvgIpc) is 3.12. The van der Waals surface area contributed by atoms with Crippen molar-refractivity contribution in [2.24, 2.45) is 0 Å². The number of piperidine rings is 1. The first-order chi connectivity index (χ1) is 11.7. The summed E-state index contributed by atoms with van der Waals surface area (Å²) < 4.78 is 5.57. The van der Waals surface area contributed by atoms with E-state index in [1.807, 2.05) is 11.8 Å². The monoisotopic (exact) mass is 348 g/mol. The number of rotatable bonds is 4. The number of ether oxygens (including phenoxy) is 1. The highest BCUT2D eigenvalue weighted by Crippen LogP contribution is 2.32. The number of aromatic nitrogens is 2. The predicted octanol–water partition coefficient (Wildman–Crippen LogP) is 4.22. The number of H-pyrrole nitrogens is 1. The van der Waals surface area contributed by atoms with Crippen molar-refractivity contribution >= 4 is 23.3 Å². The number of aromatic amines is 1. The second-order valence-corrected chi connectivity index (χ2v) is 6.12. The van der Waals surface area contributed by atoms with Gasteiger partial charge in [0.25, 0.3) is 0 Å². The van der Waals surface area contributed by atoms with Gasteiger partial charge in [-0.05, 0) is 38.3 Å². The van der Waals surface area contributed by atoms with Gasteiger partial charge in [-0.1, -0.05) is 11.6 Å². The summed E-state index contributed by atoms with van der Waals surface area (Å²) in [7, 11) is 0. The van der Waals surface area contributed by atoms with Crippen LogP contribution >= 0.6 is 11.6 Å². The molecule has 0 aliphatic carbocycles. The number of carbonyl (C=O) groups excluding carboxylic acids is 1. The molecule has 6 nitrogen and oxygen atoms in total. The molecule has 2 amide bonds. The lowest BCUT2D eigenvalue weighted by Crippen LogP contribution is -2.41. The summed E-state index contributed by atoms with van der Waals surface area (Å²) in [5.74, 6) is 1.40. The minimum absolute atomic E-state index is 0.0309. The third-order valence-corrected chi connectivity index (χ3v) is 4.32. The van der Waals surface area contributed by atoms with Crippen molar-refractivity contribution in [1.82, 2.24) is 14.9 Å². The molecule has 128 valence electrons. The fourth-order valence-corrected chi connectivity index (χ4v) is 3.14. The van der Waals surface area contributed by atoms with Crippen LogP contribution in [0, 0.1) is 0 Å². The van der Waals surface area contributed by atoms with Gasteiger partial charge >= 0.3 is 6.03 Å². The summed E-state index contributed by atoms with van der Waals surface area (Å²) in [6.07, 6.45) is 6.47. The SMILES string of the molecule is CCOc1cc(Cl)ccc1NC(=O)N1CCCCC1c1ncc[nH]1. The molecule has 1 aromatic heterocycles. The lowest BCUT2D eigenvalue weighted by atomic mass is 10.0. The van der Waals surface area contributed by atoms with Gasteiger partial charge in [0.05, 0.1) is 18.3 Å².